The molecule has 218 valence electrons. The molecule has 0 bridgehead atoms. The molecule has 3 aromatic rings. The fourth-order valence-corrected chi connectivity index (χ4v) is 6.33. The van der Waals surface area contributed by atoms with Crippen LogP contribution in [0.15, 0.2) is 65.6 Å². The van der Waals surface area contributed by atoms with E-state index in [2.05, 4.69) is 10.0 Å². The lowest BCUT2D eigenvalue weighted by Gasteiger charge is -2.20. The number of amides is 1. The zero-order chi connectivity index (χ0) is 29.3. The molecule has 2 unspecified atom stereocenters. The molecule has 40 heavy (non-hydrogen) atoms. The van der Waals surface area contributed by atoms with Crippen molar-refractivity contribution < 1.29 is 36.9 Å². The fraction of sp³-hybridized carbons (Fsp3) is 0.393. The minimum absolute atomic E-state index is 0.0228. The van der Waals surface area contributed by atoms with Crippen molar-refractivity contribution in [1.29, 1.82) is 0 Å². The highest BCUT2D eigenvalue weighted by Crippen LogP contribution is 2.37. The molecule has 3 rings (SSSR count). The van der Waals surface area contributed by atoms with Gasteiger partial charge in [-0.05, 0) is 56.5 Å². The minimum Gasteiger partial charge on any atom is -0.444 e. The number of nitrogens with one attached hydrogen (secondary N) is 2. The van der Waals surface area contributed by atoms with Crippen molar-refractivity contribution in [2.75, 3.05) is 25.8 Å². The van der Waals surface area contributed by atoms with Crippen molar-refractivity contribution in [1.82, 2.24) is 4.72 Å². The standard InChI is InChI=1S/C28H35FN2O7S2/c1-28(2,3)38-27(33)31-26-25(17-24(39-26)22(32)16-19-8-6-5-7-9-19)40(34,35)30-15-14-23(37-18-36-4)20-10-12-21(29)13-11-20/h5-13,17,22-23,30,32H,14-16,18H2,1-4H3,(H,31,33). The predicted molar refractivity (Wildman–Crippen MR) is 151 cm³/mol. The molecule has 0 aliphatic rings. The second-order valence-electron chi connectivity index (χ2n) is 9.97. The van der Waals surface area contributed by atoms with E-state index in [9.17, 15) is 22.7 Å². The minimum atomic E-state index is -4.14. The number of carbonyl (C=O) groups is 1. The van der Waals surface area contributed by atoms with Gasteiger partial charge in [-0.15, -0.1) is 11.3 Å². The number of ether oxygens (including phenoxy) is 3. The quantitative estimate of drug-likeness (QED) is 0.222. The Morgan fingerprint density at radius 2 is 1.77 bits per heavy atom. The predicted octanol–water partition coefficient (Wildman–Crippen LogP) is 5.54. The number of carbonyl (C=O) groups excluding carboxylic acids is 1. The molecule has 1 heterocycles. The normalized spacial score (nSPS) is 13.6. The molecular formula is C28H35FN2O7S2. The Morgan fingerprint density at radius 3 is 2.40 bits per heavy atom. The van der Waals surface area contributed by atoms with Crippen LogP contribution in [0.4, 0.5) is 14.2 Å². The third-order valence-corrected chi connectivity index (χ3v) is 8.31. The third-order valence-electron chi connectivity index (χ3n) is 5.55. The van der Waals surface area contributed by atoms with E-state index in [0.29, 0.717) is 10.4 Å². The monoisotopic (exact) mass is 594 g/mol. The van der Waals surface area contributed by atoms with Crippen molar-refractivity contribution >= 4 is 32.5 Å². The van der Waals surface area contributed by atoms with Gasteiger partial charge >= 0.3 is 6.09 Å². The highest BCUT2D eigenvalue weighted by Gasteiger charge is 2.27. The molecule has 0 fully saturated rings. The van der Waals surface area contributed by atoms with Crippen molar-refractivity contribution in [3.63, 3.8) is 0 Å². The molecule has 3 N–H and O–H groups in total. The summed E-state index contributed by atoms with van der Waals surface area (Å²) in [4.78, 5) is 12.7. The van der Waals surface area contributed by atoms with Gasteiger partial charge in [-0.3, -0.25) is 5.32 Å². The molecule has 2 aromatic carbocycles. The van der Waals surface area contributed by atoms with Gasteiger partial charge in [0.1, 0.15) is 28.1 Å². The zero-order valence-electron chi connectivity index (χ0n) is 22.8. The molecule has 0 saturated heterocycles. The third kappa shape index (κ3) is 9.65. The Kier molecular flexibility index (Phi) is 11.2. The fourth-order valence-electron chi connectivity index (χ4n) is 3.75. The average Bonchev–Trinajstić information content (AvgIpc) is 3.31. The summed E-state index contributed by atoms with van der Waals surface area (Å²) in [5, 5.41) is 13.4. The molecule has 1 aromatic heterocycles. The number of hydrogen-bond donors (Lipinski definition) is 3. The lowest BCUT2D eigenvalue weighted by molar-refractivity contribution is -0.0752. The van der Waals surface area contributed by atoms with Crippen LogP contribution in [0.5, 0.6) is 0 Å². The van der Waals surface area contributed by atoms with E-state index >= 15 is 0 Å². The van der Waals surface area contributed by atoms with Gasteiger partial charge in [0.2, 0.25) is 10.0 Å². The van der Waals surface area contributed by atoms with Crippen LogP contribution < -0.4 is 10.0 Å². The Balaban J connectivity index is 1.81. The van der Waals surface area contributed by atoms with Gasteiger partial charge in [0.05, 0.1) is 12.2 Å². The first-order valence-corrected chi connectivity index (χ1v) is 14.9. The Bertz CT molecular complexity index is 1340. The molecule has 0 spiro atoms. The number of thiophene rings is 1. The van der Waals surface area contributed by atoms with E-state index in [1.807, 2.05) is 30.3 Å². The van der Waals surface area contributed by atoms with Gasteiger partial charge < -0.3 is 19.3 Å². The van der Waals surface area contributed by atoms with E-state index in [1.54, 1.807) is 32.9 Å². The van der Waals surface area contributed by atoms with Crippen molar-refractivity contribution in [2.24, 2.45) is 0 Å². The lowest BCUT2D eigenvalue weighted by Crippen LogP contribution is -2.29. The number of aliphatic hydroxyl groups is 1. The number of rotatable bonds is 13. The van der Waals surface area contributed by atoms with E-state index < -0.39 is 39.7 Å². The molecule has 0 radical (unpaired) electrons. The topological polar surface area (TPSA) is 123 Å². The van der Waals surface area contributed by atoms with Crippen LogP contribution in [-0.4, -0.2) is 45.7 Å². The molecule has 2 atom stereocenters. The first kappa shape index (κ1) is 31.7. The number of sulfonamides is 1. The second kappa shape index (κ2) is 14.2. The summed E-state index contributed by atoms with van der Waals surface area (Å²) in [5.74, 6) is -0.400. The van der Waals surface area contributed by atoms with Gasteiger partial charge in [0.15, 0.2) is 0 Å². The van der Waals surface area contributed by atoms with Crippen LogP contribution in [0, 0.1) is 5.82 Å². The maximum Gasteiger partial charge on any atom is 0.412 e. The van der Waals surface area contributed by atoms with Gasteiger partial charge in [0, 0.05) is 25.0 Å². The zero-order valence-corrected chi connectivity index (χ0v) is 24.5. The van der Waals surface area contributed by atoms with Crippen LogP contribution >= 0.6 is 11.3 Å². The van der Waals surface area contributed by atoms with Gasteiger partial charge in [0.25, 0.3) is 0 Å². The summed E-state index contributed by atoms with van der Waals surface area (Å²) in [6.07, 6.45) is -1.90. The molecule has 9 nitrogen and oxygen atoms in total. The number of aliphatic hydroxyl groups excluding tert-OH is 1. The lowest BCUT2D eigenvalue weighted by atomic mass is 10.1. The highest BCUT2D eigenvalue weighted by molar-refractivity contribution is 7.89. The first-order chi connectivity index (χ1) is 18.9. The SMILES string of the molecule is COCOC(CCNS(=O)(=O)c1cc(C(O)Cc2ccccc2)sc1NC(=O)OC(C)(C)C)c1ccc(F)cc1. The summed E-state index contributed by atoms with van der Waals surface area (Å²) in [6.45, 7) is 5.01. The van der Waals surface area contributed by atoms with Crippen LogP contribution in [0.25, 0.3) is 0 Å². The Hall–Kier alpha value is -2.87. The molecular weight excluding hydrogens is 559 g/mol. The summed E-state index contributed by atoms with van der Waals surface area (Å²) < 4.78 is 58.7. The average molecular weight is 595 g/mol. The maximum atomic E-state index is 13.4. The second-order valence-corrected chi connectivity index (χ2v) is 12.8. The van der Waals surface area contributed by atoms with Gasteiger partial charge in [-0.2, -0.15) is 0 Å². The van der Waals surface area contributed by atoms with Gasteiger partial charge in [-0.1, -0.05) is 42.5 Å². The number of benzene rings is 2. The van der Waals surface area contributed by atoms with Crippen molar-refractivity contribution in [2.45, 2.75) is 56.3 Å². The summed E-state index contributed by atoms with van der Waals surface area (Å²) in [6, 6.07) is 16.3. The number of anilines is 1. The number of methoxy groups -OCH3 is 1. The molecule has 0 aliphatic heterocycles. The van der Waals surface area contributed by atoms with Crippen LogP contribution in [0.1, 0.15) is 55.4 Å². The molecule has 1 amide bonds. The summed E-state index contributed by atoms with van der Waals surface area (Å²) in [5.41, 5.74) is 0.730. The Labute approximate surface area is 238 Å². The van der Waals surface area contributed by atoms with E-state index in [1.165, 1.54) is 25.3 Å². The van der Waals surface area contributed by atoms with E-state index in [-0.39, 0.29) is 36.1 Å². The largest absolute Gasteiger partial charge is 0.444 e. The smallest absolute Gasteiger partial charge is 0.412 e. The first-order valence-electron chi connectivity index (χ1n) is 12.6. The van der Waals surface area contributed by atoms with E-state index in [4.69, 9.17) is 14.2 Å². The maximum absolute atomic E-state index is 13.4. The number of hydrogen-bond acceptors (Lipinski definition) is 8. The van der Waals surface area contributed by atoms with Crippen LogP contribution in [0.3, 0.4) is 0 Å². The Morgan fingerprint density at radius 1 is 1.10 bits per heavy atom. The highest BCUT2D eigenvalue weighted by atomic mass is 32.2. The molecule has 0 saturated carbocycles. The van der Waals surface area contributed by atoms with Crippen LogP contribution in [0.2, 0.25) is 0 Å². The summed E-state index contributed by atoms with van der Waals surface area (Å²) >= 11 is 0.959. The molecule has 12 heteroatoms. The van der Waals surface area contributed by atoms with Crippen molar-refractivity contribution in [3.05, 3.63) is 82.5 Å². The summed E-state index contributed by atoms with van der Waals surface area (Å²) in [7, 11) is -2.68. The van der Waals surface area contributed by atoms with E-state index in [0.717, 1.165) is 16.9 Å². The number of halogens is 1. The van der Waals surface area contributed by atoms with Crippen molar-refractivity contribution in [3.8, 4) is 0 Å². The molecule has 0 aliphatic carbocycles. The van der Waals surface area contributed by atoms with Gasteiger partial charge in [-0.25, -0.2) is 22.3 Å². The van der Waals surface area contributed by atoms with Crippen LogP contribution in [-0.2, 0) is 30.7 Å².